The Morgan fingerprint density at radius 1 is 1.03 bits per heavy atom. The average Bonchev–Trinajstić information content (AvgIpc) is 3.30. The molecule has 0 aliphatic carbocycles. The van der Waals surface area contributed by atoms with Crippen molar-refractivity contribution in [2.45, 2.75) is 13.5 Å². The number of esters is 1. The normalized spacial score (nSPS) is 10.8. The lowest BCUT2D eigenvalue weighted by atomic mass is 10.1. The first-order valence-electron chi connectivity index (χ1n) is 10.5. The van der Waals surface area contributed by atoms with Gasteiger partial charge in [-0.1, -0.05) is 0 Å². The second-order valence-electron chi connectivity index (χ2n) is 7.27. The maximum absolute atomic E-state index is 12.9. The Labute approximate surface area is 199 Å². The number of ether oxygens (including phenoxy) is 3. The summed E-state index contributed by atoms with van der Waals surface area (Å²) in [5.74, 6) is 0.348. The summed E-state index contributed by atoms with van der Waals surface area (Å²) in [6.07, 6.45) is 1.31. The number of nitrogens with zero attached hydrogens (tertiary/aromatic N) is 2. The van der Waals surface area contributed by atoms with Crippen LogP contribution in [0.2, 0.25) is 0 Å². The highest BCUT2D eigenvalue weighted by atomic mass is 32.1. The SMILES string of the molecule is CCOc1ccc(C(=O)COC(=O)Cn2cnc3cc(-c4ccc(OC)cc4)sc3c2=O)cc1. The number of Topliss-reactive ketones (excluding diaryl/α,β-unsaturated/α-hetero) is 1. The highest BCUT2D eigenvalue weighted by Gasteiger charge is 2.15. The molecular formula is C25H22N2O6S. The Bertz CT molecular complexity index is 1370. The van der Waals surface area contributed by atoms with Crippen molar-refractivity contribution < 1.29 is 23.8 Å². The van der Waals surface area contributed by atoms with E-state index in [9.17, 15) is 14.4 Å². The second-order valence-corrected chi connectivity index (χ2v) is 8.32. The molecule has 174 valence electrons. The van der Waals surface area contributed by atoms with Crippen LogP contribution in [-0.4, -0.2) is 41.6 Å². The lowest BCUT2D eigenvalue weighted by Crippen LogP contribution is -2.26. The smallest absolute Gasteiger partial charge is 0.326 e. The first-order chi connectivity index (χ1) is 16.5. The summed E-state index contributed by atoms with van der Waals surface area (Å²) in [4.78, 5) is 42.6. The molecule has 0 atom stereocenters. The van der Waals surface area contributed by atoms with E-state index in [0.29, 0.717) is 28.1 Å². The molecule has 0 N–H and O–H groups in total. The summed E-state index contributed by atoms with van der Waals surface area (Å²) in [5, 5.41) is 0. The van der Waals surface area contributed by atoms with Gasteiger partial charge in [0.15, 0.2) is 12.4 Å². The fraction of sp³-hybridized carbons (Fsp3) is 0.200. The molecule has 8 nitrogen and oxygen atoms in total. The van der Waals surface area contributed by atoms with Gasteiger partial charge in [-0.25, -0.2) is 4.98 Å². The van der Waals surface area contributed by atoms with E-state index in [2.05, 4.69) is 4.98 Å². The van der Waals surface area contributed by atoms with Gasteiger partial charge in [-0.15, -0.1) is 11.3 Å². The van der Waals surface area contributed by atoms with Crippen molar-refractivity contribution in [2.75, 3.05) is 20.3 Å². The van der Waals surface area contributed by atoms with Gasteiger partial charge < -0.3 is 14.2 Å². The molecule has 2 aromatic heterocycles. The largest absolute Gasteiger partial charge is 0.497 e. The van der Waals surface area contributed by atoms with Gasteiger partial charge in [0.05, 0.1) is 25.6 Å². The van der Waals surface area contributed by atoms with E-state index in [1.807, 2.05) is 37.3 Å². The van der Waals surface area contributed by atoms with E-state index in [0.717, 1.165) is 16.2 Å². The molecule has 0 fully saturated rings. The number of carbonyl (C=O) groups excluding carboxylic acids is 2. The van der Waals surface area contributed by atoms with Crippen LogP contribution < -0.4 is 15.0 Å². The Hall–Kier alpha value is -3.98. The number of aromatic nitrogens is 2. The standard InChI is InChI=1S/C25H22N2O6S/c1-3-32-19-10-4-16(5-11-19)21(28)14-33-23(29)13-27-15-26-20-12-22(34-24(20)25(27)30)17-6-8-18(31-2)9-7-17/h4-12,15H,3,13-14H2,1-2H3. The van der Waals surface area contributed by atoms with Crippen molar-refractivity contribution in [1.29, 1.82) is 0 Å². The fourth-order valence-corrected chi connectivity index (χ4v) is 4.34. The topological polar surface area (TPSA) is 96.7 Å². The summed E-state index contributed by atoms with van der Waals surface area (Å²) < 4.78 is 17.2. The molecule has 0 amide bonds. The predicted octanol–water partition coefficient (Wildman–Crippen LogP) is 3.96. The van der Waals surface area contributed by atoms with E-state index in [-0.39, 0.29) is 17.9 Å². The van der Waals surface area contributed by atoms with Gasteiger partial charge in [-0.05, 0) is 67.1 Å². The summed E-state index contributed by atoms with van der Waals surface area (Å²) >= 11 is 1.30. The van der Waals surface area contributed by atoms with Crippen molar-refractivity contribution >= 4 is 33.3 Å². The van der Waals surface area contributed by atoms with Gasteiger partial charge in [0.25, 0.3) is 5.56 Å². The molecule has 2 aromatic carbocycles. The fourth-order valence-electron chi connectivity index (χ4n) is 3.27. The molecule has 0 unspecified atom stereocenters. The maximum Gasteiger partial charge on any atom is 0.326 e. The molecule has 9 heteroatoms. The van der Waals surface area contributed by atoms with Gasteiger partial charge >= 0.3 is 5.97 Å². The van der Waals surface area contributed by atoms with Gasteiger partial charge in [0.1, 0.15) is 22.7 Å². The average molecular weight is 479 g/mol. The minimum atomic E-state index is -0.700. The molecule has 0 aliphatic rings. The minimum absolute atomic E-state index is 0.339. The minimum Gasteiger partial charge on any atom is -0.497 e. The van der Waals surface area contributed by atoms with Crippen LogP contribution >= 0.6 is 11.3 Å². The number of fused-ring (bicyclic) bond motifs is 1. The van der Waals surface area contributed by atoms with Crippen molar-refractivity contribution in [3.8, 4) is 21.9 Å². The zero-order chi connectivity index (χ0) is 24.1. The van der Waals surface area contributed by atoms with E-state index < -0.39 is 12.6 Å². The first-order valence-corrected chi connectivity index (χ1v) is 11.3. The summed E-state index contributed by atoms with van der Waals surface area (Å²) in [6.45, 7) is 1.64. The number of ketones is 1. The Morgan fingerprint density at radius 3 is 2.41 bits per heavy atom. The third-order valence-electron chi connectivity index (χ3n) is 5.03. The zero-order valence-electron chi connectivity index (χ0n) is 18.6. The number of hydrogen-bond donors (Lipinski definition) is 0. The van der Waals surface area contributed by atoms with Gasteiger partial charge in [0.2, 0.25) is 0 Å². The molecule has 2 heterocycles. The van der Waals surface area contributed by atoms with E-state index in [4.69, 9.17) is 14.2 Å². The molecule has 0 saturated heterocycles. The van der Waals surface area contributed by atoms with Gasteiger partial charge in [0, 0.05) is 10.4 Å². The predicted molar refractivity (Wildman–Crippen MR) is 129 cm³/mol. The first kappa shape index (κ1) is 23.2. The molecule has 0 spiro atoms. The second kappa shape index (κ2) is 10.3. The molecule has 0 bridgehead atoms. The molecular weight excluding hydrogens is 456 g/mol. The van der Waals surface area contributed by atoms with Crippen molar-refractivity contribution in [3.05, 3.63) is 76.8 Å². The van der Waals surface area contributed by atoms with E-state index in [1.165, 1.54) is 22.2 Å². The monoisotopic (exact) mass is 478 g/mol. The lowest BCUT2D eigenvalue weighted by Gasteiger charge is -2.07. The number of thiophene rings is 1. The molecule has 4 aromatic rings. The Balaban J connectivity index is 1.42. The Morgan fingerprint density at radius 2 is 1.74 bits per heavy atom. The third-order valence-corrected chi connectivity index (χ3v) is 6.19. The summed E-state index contributed by atoms with van der Waals surface area (Å²) in [5.41, 5.74) is 1.55. The number of rotatable bonds is 9. The highest BCUT2D eigenvalue weighted by molar-refractivity contribution is 7.22. The lowest BCUT2D eigenvalue weighted by molar-refractivity contribution is -0.143. The molecule has 34 heavy (non-hydrogen) atoms. The van der Waals surface area contributed by atoms with Crippen LogP contribution in [0.4, 0.5) is 0 Å². The zero-order valence-corrected chi connectivity index (χ0v) is 19.5. The third kappa shape index (κ3) is 5.15. The van der Waals surface area contributed by atoms with Crippen molar-refractivity contribution in [1.82, 2.24) is 9.55 Å². The highest BCUT2D eigenvalue weighted by Crippen LogP contribution is 2.31. The van der Waals surface area contributed by atoms with Crippen LogP contribution in [0.3, 0.4) is 0 Å². The van der Waals surface area contributed by atoms with Crippen LogP contribution in [0.15, 0.2) is 65.7 Å². The van der Waals surface area contributed by atoms with Crippen molar-refractivity contribution in [3.63, 3.8) is 0 Å². The van der Waals surface area contributed by atoms with Gasteiger partial charge in [-0.2, -0.15) is 0 Å². The number of benzene rings is 2. The van der Waals surface area contributed by atoms with Gasteiger partial charge in [-0.3, -0.25) is 19.0 Å². The van der Waals surface area contributed by atoms with E-state index in [1.54, 1.807) is 31.4 Å². The summed E-state index contributed by atoms with van der Waals surface area (Å²) in [6, 6.07) is 15.9. The number of carbonyl (C=O) groups is 2. The molecule has 0 radical (unpaired) electrons. The van der Waals surface area contributed by atoms with Crippen LogP contribution in [0.5, 0.6) is 11.5 Å². The Kier molecular flexibility index (Phi) is 7.03. The van der Waals surface area contributed by atoms with Crippen LogP contribution in [-0.2, 0) is 16.1 Å². The van der Waals surface area contributed by atoms with Crippen molar-refractivity contribution in [2.24, 2.45) is 0 Å². The maximum atomic E-state index is 12.9. The number of methoxy groups -OCH3 is 1. The van der Waals surface area contributed by atoms with Crippen LogP contribution in [0.25, 0.3) is 20.7 Å². The van der Waals surface area contributed by atoms with E-state index >= 15 is 0 Å². The number of hydrogen-bond acceptors (Lipinski definition) is 8. The van der Waals surface area contributed by atoms with Crippen LogP contribution in [0.1, 0.15) is 17.3 Å². The molecule has 0 saturated carbocycles. The molecule has 0 aliphatic heterocycles. The molecule has 4 rings (SSSR count). The summed E-state index contributed by atoms with van der Waals surface area (Å²) in [7, 11) is 1.60. The quantitative estimate of drug-likeness (QED) is 0.265. The van der Waals surface area contributed by atoms with Crippen LogP contribution in [0, 0.1) is 0 Å².